The minimum Gasteiger partial charge on any atom is -0.345 e. The Morgan fingerprint density at radius 2 is 2.00 bits per heavy atom. The van der Waals surface area contributed by atoms with Crippen LogP contribution >= 0.6 is 0 Å². The number of hydrogen-bond donors (Lipinski definition) is 1. The Labute approximate surface area is 116 Å². The standard InChI is InChI=1S/C15H19NO2S/c1-3-4-6-11-15(17)16-14(12-19(2)18)13-9-7-5-8-10-13/h3-11,14H,12H2,1-2H3,(H,16,17)/b4-3+,11-6+/t14-,19+/m1/s1. The van der Waals surface area contributed by atoms with Gasteiger partial charge in [0.2, 0.25) is 5.91 Å². The quantitative estimate of drug-likeness (QED) is 0.641. The van der Waals surface area contributed by atoms with Crippen LogP contribution in [0, 0.1) is 0 Å². The average molecular weight is 277 g/mol. The van der Waals surface area contributed by atoms with E-state index in [0.717, 1.165) is 5.56 Å². The third kappa shape index (κ3) is 6.15. The van der Waals surface area contributed by atoms with Crippen molar-refractivity contribution in [2.45, 2.75) is 13.0 Å². The van der Waals surface area contributed by atoms with E-state index in [1.807, 2.05) is 43.3 Å². The van der Waals surface area contributed by atoms with Crippen LogP contribution in [0.3, 0.4) is 0 Å². The fourth-order valence-electron chi connectivity index (χ4n) is 1.62. The summed E-state index contributed by atoms with van der Waals surface area (Å²) in [4.78, 5) is 11.8. The topological polar surface area (TPSA) is 46.2 Å². The minimum absolute atomic E-state index is 0.183. The van der Waals surface area contributed by atoms with Gasteiger partial charge in [0.1, 0.15) is 0 Å². The number of hydrogen-bond acceptors (Lipinski definition) is 2. The molecule has 0 bridgehead atoms. The van der Waals surface area contributed by atoms with Gasteiger partial charge in [-0.2, -0.15) is 0 Å². The maximum Gasteiger partial charge on any atom is 0.244 e. The van der Waals surface area contributed by atoms with Gasteiger partial charge in [-0.05, 0) is 12.5 Å². The van der Waals surface area contributed by atoms with Gasteiger partial charge < -0.3 is 5.32 Å². The van der Waals surface area contributed by atoms with E-state index in [-0.39, 0.29) is 11.9 Å². The SMILES string of the molecule is C/C=C/C=C/C(=O)N[C@H](C[S@](C)=O)c1ccccc1. The van der Waals surface area contributed by atoms with Gasteiger partial charge in [0.15, 0.2) is 0 Å². The molecule has 102 valence electrons. The van der Waals surface area contributed by atoms with Gasteiger partial charge >= 0.3 is 0 Å². The second kappa shape index (κ2) is 8.43. The lowest BCUT2D eigenvalue weighted by atomic mass is 10.1. The zero-order valence-electron chi connectivity index (χ0n) is 11.2. The molecule has 1 rings (SSSR count). The van der Waals surface area contributed by atoms with E-state index in [1.54, 1.807) is 18.4 Å². The second-order valence-corrected chi connectivity index (χ2v) is 5.58. The predicted molar refractivity (Wildman–Crippen MR) is 80.2 cm³/mol. The Hall–Kier alpha value is -1.68. The zero-order valence-corrected chi connectivity index (χ0v) is 12.0. The van der Waals surface area contributed by atoms with Crippen molar-refractivity contribution in [1.82, 2.24) is 5.32 Å². The maximum atomic E-state index is 11.8. The highest BCUT2D eigenvalue weighted by Crippen LogP contribution is 2.13. The summed E-state index contributed by atoms with van der Waals surface area (Å²) in [7, 11) is -0.973. The summed E-state index contributed by atoms with van der Waals surface area (Å²) in [5.41, 5.74) is 0.963. The number of rotatable bonds is 6. The lowest BCUT2D eigenvalue weighted by molar-refractivity contribution is -0.117. The van der Waals surface area contributed by atoms with Gasteiger partial charge in [0.05, 0.1) is 6.04 Å². The number of carbonyl (C=O) groups excluding carboxylic acids is 1. The summed E-state index contributed by atoms with van der Waals surface area (Å²) in [5.74, 6) is 0.227. The Morgan fingerprint density at radius 3 is 2.58 bits per heavy atom. The van der Waals surface area contributed by atoms with Crippen molar-refractivity contribution < 1.29 is 9.00 Å². The molecule has 3 nitrogen and oxygen atoms in total. The van der Waals surface area contributed by atoms with Gasteiger partial charge in [-0.25, -0.2) is 0 Å². The number of nitrogens with one attached hydrogen (secondary N) is 1. The highest BCUT2D eigenvalue weighted by molar-refractivity contribution is 7.84. The first-order valence-electron chi connectivity index (χ1n) is 6.08. The van der Waals surface area contributed by atoms with Crippen LogP contribution in [0.25, 0.3) is 0 Å². The number of amides is 1. The molecule has 1 N–H and O–H groups in total. The fourth-order valence-corrected chi connectivity index (χ4v) is 2.36. The van der Waals surface area contributed by atoms with Crippen LogP contribution in [-0.2, 0) is 15.6 Å². The molecule has 1 aromatic rings. The molecule has 0 aliphatic carbocycles. The summed E-state index contributed by atoms with van der Waals surface area (Å²) < 4.78 is 11.4. The summed E-state index contributed by atoms with van der Waals surface area (Å²) in [5, 5.41) is 2.87. The molecule has 0 unspecified atom stereocenters. The molecule has 1 amide bonds. The molecule has 0 spiro atoms. The molecule has 0 aromatic heterocycles. The van der Waals surface area contributed by atoms with Crippen molar-refractivity contribution in [1.29, 1.82) is 0 Å². The van der Waals surface area contributed by atoms with Crippen molar-refractivity contribution in [3.8, 4) is 0 Å². The van der Waals surface area contributed by atoms with Gasteiger partial charge in [-0.1, -0.05) is 48.6 Å². The first-order chi connectivity index (χ1) is 9.13. The number of allylic oxidation sites excluding steroid dienone is 3. The van der Waals surface area contributed by atoms with Crippen molar-refractivity contribution in [2.24, 2.45) is 0 Å². The molecule has 0 heterocycles. The van der Waals surface area contributed by atoms with E-state index < -0.39 is 10.8 Å². The molecule has 0 fully saturated rings. The summed E-state index contributed by atoms with van der Waals surface area (Å²) >= 11 is 0. The lowest BCUT2D eigenvalue weighted by Crippen LogP contribution is -2.30. The largest absolute Gasteiger partial charge is 0.345 e. The smallest absolute Gasteiger partial charge is 0.244 e. The van der Waals surface area contributed by atoms with Crippen LogP contribution in [0.1, 0.15) is 18.5 Å². The molecule has 0 radical (unpaired) electrons. The molecule has 0 saturated carbocycles. The molecule has 19 heavy (non-hydrogen) atoms. The Bertz CT molecular complexity index is 480. The monoisotopic (exact) mass is 277 g/mol. The normalized spacial score (nSPS) is 14.6. The van der Waals surface area contributed by atoms with E-state index in [0.29, 0.717) is 5.75 Å². The highest BCUT2D eigenvalue weighted by Gasteiger charge is 2.14. The van der Waals surface area contributed by atoms with E-state index in [4.69, 9.17) is 0 Å². The van der Waals surface area contributed by atoms with Gasteiger partial charge in [0.25, 0.3) is 0 Å². The molecule has 1 aromatic carbocycles. The third-order valence-electron chi connectivity index (χ3n) is 2.47. The molecule has 0 aliphatic heterocycles. The van der Waals surface area contributed by atoms with Gasteiger partial charge in [-0.15, -0.1) is 0 Å². The highest BCUT2D eigenvalue weighted by atomic mass is 32.2. The van der Waals surface area contributed by atoms with Crippen molar-refractivity contribution in [2.75, 3.05) is 12.0 Å². The van der Waals surface area contributed by atoms with E-state index in [2.05, 4.69) is 5.32 Å². The molecular formula is C15H19NO2S. The summed E-state index contributed by atoms with van der Waals surface area (Å²) in [6, 6.07) is 9.35. The van der Waals surface area contributed by atoms with Crippen LogP contribution in [-0.4, -0.2) is 22.1 Å². The second-order valence-electron chi connectivity index (χ2n) is 4.10. The molecule has 4 heteroatoms. The number of benzene rings is 1. The lowest BCUT2D eigenvalue weighted by Gasteiger charge is -2.17. The van der Waals surface area contributed by atoms with Crippen LogP contribution in [0.4, 0.5) is 0 Å². The molecular weight excluding hydrogens is 258 g/mol. The van der Waals surface area contributed by atoms with Crippen LogP contribution < -0.4 is 5.32 Å². The Morgan fingerprint density at radius 1 is 1.32 bits per heavy atom. The van der Waals surface area contributed by atoms with Crippen LogP contribution in [0.5, 0.6) is 0 Å². The molecule has 0 aliphatic rings. The Kier molecular flexibility index (Phi) is 6.82. The van der Waals surface area contributed by atoms with E-state index in [9.17, 15) is 9.00 Å². The van der Waals surface area contributed by atoms with Crippen LogP contribution in [0.15, 0.2) is 54.6 Å². The number of carbonyl (C=O) groups is 1. The summed E-state index contributed by atoms with van der Waals surface area (Å²) in [6.07, 6.45) is 8.42. The average Bonchev–Trinajstić information content (AvgIpc) is 2.39. The maximum absolute atomic E-state index is 11.8. The van der Waals surface area contributed by atoms with Crippen molar-refractivity contribution in [3.05, 3.63) is 60.2 Å². The third-order valence-corrected chi connectivity index (χ3v) is 3.27. The van der Waals surface area contributed by atoms with E-state index in [1.165, 1.54) is 6.08 Å². The predicted octanol–water partition coefficient (Wildman–Crippen LogP) is 2.35. The molecule has 0 saturated heterocycles. The van der Waals surface area contributed by atoms with Crippen molar-refractivity contribution in [3.63, 3.8) is 0 Å². The van der Waals surface area contributed by atoms with Crippen molar-refractivity contribution >= 4 is 16.7 Å². The first kappa shape index (κ1) is 15.4. The fraction of sp³-hybridized carbons (Fsp3) is 0.267. The van der Waals surface area contributed by atoms with E-state index >= 15 is 0 Å². The minimum atomic E-state index is -0.973. The zero-order chi connectivity index (χ0) is 14.1. The molecule has 2 atom stereocenters. The Balaban J connectivity index is 2.76. The van der Waals surface area contributed by atoms with Gasteiger partial charge in [-0.3, -0.25) is 9.00 Å². The summed E-state index contributed by atoms with van der Waals surface area (Å²) in [6.45, 7) is 1.88. The first-order valence-corrected chi connectivity index (χ1v) is 7.81. The van der Waals surface area contributed by atoms with Gasteiger partial charge in [0, 0.05) is 28.9 Å². The van der Waals surface area contributed by atoms with Crippen LogP contribution in [0.2, 0.25) is 0 Å².